The first kappa shape index (κ1) is 8.18. The first-order valence-corrected chi connectivity index (χ1v) is 5.36. The van der Waals surface area contributed by atoms with E-state index < -0.39 is 0 Å². The van der Waals surface area contributed by atoms with Crippen LogP contribution in [0, 0.1) is 0 Å². The molecule has 2 aromatic rings. The molecule has 0 saturated heterocycles. The molecule has 2 heteroatoms. The van der Waals surface area contributed by atoms with Gasteiger partial charge < -0.3 is 0 Å². The standard InChI is InChI=1S/C12H8BrN/c13-9-4-3-8-6-12-10(11(8)7-9)2-1-5-14-12/h1-5,7H,6H2. The van der Waals surface area contributed by atoms with Crippen molar-refractivity contribution in [1.29, 1.82) is 0 Å². The van der Waals surface area contributed by atoms with Crippen LogP contribution in [0.1, 0.15) is 11.3 Å². The molecule has 0 amide bonds. The molecule has 0 spiro atoms. The Kier molecular flexibility index (Phi) is 1.71. The van der Waals surface area contributed by atoms with Crippen LogP contribution in [-0.2, 0) is 6.42 Å². The second-order valence-corrected chi connectivity index (χ2v) is 4.39. The molecule has 0 atom stereocenters. The van der Waals surface area contributed by atoms with Gasteiger partial charge in [0, 0.05) is 22.7 Å². The molecule has 1 nitrogen and oxygen atoms in total. The average molecular weight is 246 g/mol. The maximum Gasteiger partial charge on any atom is 0.0525 e. The van der Waals surface area contributed by atoms with E-state index >= 15 is 0 Å². The predicted octanol–water partition coefficient (Wildman–Crippen LogP) is 3.42. The van der Waals surface area contributed by atoms with Crippen molar-refractivity contribution in [2.24, 2.45) is 0 Å². The summed E-state index contributed by atoms with van der Waals surface area (Å²) in [5.74, 6) is 0. The lowest BCUT2D eigenvalue weighted by Gasteiger charge is -1.99. The summed E-state index contributed by atoms with van der Waals surface area (Å²) in [5, 5.41) is 0. The zero-order chi connectivity index (χ0) is 9.54. The molecule has 0 fully saturated rings. The van der Waals surface area contributed by atoms with Gasteiger partial charge in [0.05, 0.1) is 5.69 Å². The maximum atomic E-state index is 4.39. The van der Waals surface area contributed by atoms with Gasteiger partial charge in [-0.25, -0.2) is 0 Å². The summed E-state index contributed by atoms with van der Waals surface area (Å²) in [6.45, 7) is 0. The number of aromatic nitrogens is 1. The highest BCUT2D eigenvalue weighted by molar-refractivity contribution is 9.10. The van der Waals surface area contributed by atoms with Gasteiger partial charge in [0.2, 0.25) is 0 Å². The van der Waals surface area contributed by atoms with Crippen LogP contribution in [0.25, 0.3) is 11.1 Å². The number of halogens is 1. The molecule has 0 radical (unpaired) electrons. The first-order valence-electron chi connectivity index (χ1n) is 4.57. The zero-order valence-corrected chi connectivity index (χ0v) is 9.08. The van der Waals surface area contributed by atoms with E-state index in [1.165, 1.54) is 22.4 Å². The van der Waals surface area contributed by atoms with E-state index in [-0.39, 0.29) is 0 Å². The van der Waals surface area contributed by atoms with Crippen molar-refractivity contribution in [2.45, 2.75) is 6.42 Å². The quantitative estimate of drug-likeness (QED) is 0.592. The molecule has 1 aromatic carbocycles. The third-order valence-corrected chi connectivity index (χ3v) is 3.10. The summed E-state index contributed by atoms with van der Waals surface area (Å²) in [6.07, 6.45) is 2.83. The summed E-state index contributed by atoms with van der Waals surface area (Å²) >= 11 is 3.50. The molecule has 0 N–H and O–H groups in total. The number of pyridine rings is 1. The van der Waals surface area contributed by atoms with Gasteiger partial charge >= 0.3 is 0 Å². The van der Waals surface area contributed by atoms with Crippen LogP contribution in [0.5, 0.6) is 0 Å². The topological polar surface area (TPSA) is 12.9 Å². The Balaban J connectivity index is 2.30. The second-order valence-electron chi connectivity index (χ2n) is 3.48. The molecular weight excluding hydrogens is 238 g/mol. The van der Waals surface area contributed by atoms with Crippen LogP contribution in [0.3, 0.4) is 0 Å². The molecule has 1 aliphatic rings. The molecule has 1 aromatic heterocycles. The Morgan fingerprint density at radius 2 is 2.07 bits per heavy atom. The normalized spacial score (nSPS) is 12.4. The van der Waals surface area contributed by atoms with Crippen molar-refractivity contribution < 1.29 is 0 Å². The minimum Gasteiger partial charge on any atom is -0.260 e. The molecule has 0 bridgehead atoms. The lowest BCUT2D eigenvalue weighted by atomic mass is 10.1. The molecule has 1 heterocycles. The summed E-state index contributed by atoms with van der Waals surface area (Å²) < 4.78 is 1.13. The third-order valence-electron chi connectivity index (χ3n) is 2.61. The molecule has 3 rings (SSSR count). The highest BCUT2D eigenvalue weighted by Crippen LogP contribution is 2.36. The minimum absolute atomic E-state index is 0.971. The number of benzene rings is 1. The van der Waals surface area contributed by atoms with E-state index in [0.717, 1.165) is 10.9 Å². The van der Waals surface area contributed by atoms with Gasteiger partial charge in [-0.05, 0) is 29.3 Å². The van der Waals surface area contributed by atoms with Gasteiger partial charge in [0.15, 0.2) is 0 Å². The van der Waals surface area contributed by atoms with Crippen LogP contribution < -0.4 is 0 Å². The lowest BCUT2D eigenvalue weighted by Crippen LogP contribution is -1.83. The van der Waals surface area contributed by atoms with Gasteiger partial charge in [0.1, 0.15) is 0 Å². The molecule has 14 heavy (non-hydrogen) atoms. The third kappa shape index (κ3) is 1.11. The van der Waals surface area contributed by atoms with Crippen molar-refractivity contribution >= 4 is 15.9 Å². The van der Waals surface area contributed by atoms with E-state index in [9.17, 15) is 0 Å². The number of fused-ring (bicyclic) bond motifs is 3. The maximum absolute atomic E-state index is 4.39. The van der Waals surface area contributed by atoms with Crippen LogP contribution in [-0.4, -0.2) is 4.98 Å². The molecule has 0 aliphatic heterocycles. The van der Waals surface area contributed by atoms with Crippen molar-refractivity contribution in [2.75, 3.05) is 0 Å². The number of hydrogen-bond acceptors (Lipinski definition) is 1. The van der Waals surface area contributed by atoms with Crippen molar-refractivity contribution in [1.82, 2.24) is 4.98 Å². The first-order chi connectivity index (χ1) is 6.84. The summed E-state index contributed by atoms with van der Waals surface area (Å²) in [5.41, 5.74) is 5.17. The molecule has 1 aliphatic carbocycles. The molecule has 0 saturated carbocycles. The largest absolute Gasteiger partial charge is 0.260 e. The Morgan fingerprint density at radius 3 is 3.00 bits per heavy atom. The summed E-state index contributed by atoms with van der Waals surface area (Å²) in [6, 6.07) is 10.6. The average Bonchev–Trinajstić information content (AvgIpc) is 2.56. The molecule has 68 valence electrons. The Bertz CT molecular complexity index is 505. The van der Waals surface area contributed by atoms with Crippen molar-refractivity contribution in [3.05, 3.63) is 52.3 Å². The Hall–Kier alpha value is -1.15. The van der Waals surface area contributed by atoms with Gasteiger partial charge in [-0.15, -0.1) is 0 Å². The Morgan fingerprint density at radius 1 is 1.14 bits per heavy atom. The fourth-order valence-corrected chi connectivity index (χ4v) is 2.32. The highest BCUT2D eigenvalue weighted by atomic mass is 79.9. The van der Waals surface area contributed by atoms with E-state index in [4.69, 9.17) is 0 Å². The SMILES string of the molecule is Brc1ccc2c(c1)-c1cccnc1C2. The number of rotatable bonds is 0. The van der Waals surface area contributed by atoms with E-state index in [1.807, 2.05) is 12.3 Å². The van der Waals surface area contributed by atoms with Gasteiger partial charge in [-0.1, -0.05) is 28.1 Å². The van der Waals surface area contributed by atoms with Crippen LogP contribution >= 0.6 is 15.9 Å². The summed E-state index contributed by atoms with van der Waals surface area (Å²) in [7, 11) is 0. The van der Waals surface area contributed by atoms with E-state index in [2.05, 4.69) is 45.2 Å². The highest BCUT2D eigenvalue weighted by Gasteiger charge is 2.18. The van der Waals surface area contributed by atoms with Crippen molar-refractivity contribution in [3.8, 4) is 11.1 Å². The van der Waals surface area contributed by atoms with Crippen LogP contribution in [0.15, 0.2) is 41.0 Å². The van der Waals surface area contributed by atoms with Crippen molar-refractivity contribution in [3.63, 3.8) is 0 Å². The summed E-state index contributed by atoms with van der Waals surface area (Å²) in [4.78, 5) is 4.39. The van der Waals surface area contributed by atoms with Crippen LogP contribution in [0.2, 0.25) is 0 Å². The van der Waals surface area contributed by atoms with Crippen LogP contribution in [0.4, 0.5) is 0 Å². The number of nitrogens with zero attached hydrogens (tertiary/aromatic N) is 1. The monoisotopic (exact) mass is 245 g/mol. The fraction of sp³-hybridized carbons (Fsp3) is 0.0833. The smallest absolute Gasteiger partial charge is 0.0525 e. The van der Waals surface area contributed by atoms with Gasteiger partial charge in [-0.2, -0.15) is 0 Å². The van der Waals surface area contributed by atoms with Gasteiger partial charge in [0.25, 0.3) is 0 Å². The molecule has 0 unspecified atom stereocenters. The van der Waals surface area contributed by atoms with Gasteiger partial charge in [-0.3, -0.25) is 4.98 Å². The second kappa shape index (κ2) is 2.92. The zero-order valence-electron chi connectivity index (χ0n) is 7.50. The Labute approximate surface area is 90.9 Å². The lowest BCUT2D eigenvalue weighted by molar-refractivity contribution is 1.12. The van der Waals surface area contributed by atoms with E-state index in [0.29, 0.717) is 0 Å². The predicted molar refractivity (Wildman–Crippen MR) is 60.2 cm³/mol. The van der Waals surface area contributed by atoms with E-state index in [1.54, 1.807) is 0 Å². The minimum atomic E-state index is 0.971. The number of hydrogen-bond donors (Lipinski definition) is 0. The fourth-order valence-electron chi connectivity index (χ4n) is 1.96. The molecular formula is C12H8BrN.